The van der Waals surface area contributed by atoms with Gasteiger partial charge in [-0.15, -0.1) is 0 Å². The van der Waals surface area contributed by atoms with Crippen LogP contribution in [0.4, 0.5) is 0 Å². The third kappa shape index (κ3) is 1.46. The van der Waals surface area contributed by atoms with E-state index in [0.717, 1.165) is 0 Å². The van der Waals surface area contributed by atoms with Gasteiger partial charge in [0, 0.05) is 6.54 Å². The molecule has 70 valence electrons. The number of aliphatic hydroxyl groups is 1. The minimum absolute atomic E-state index is 0.124. The van der Waals surface area contributed by atoms with Crippen molar-refractivity contribution < 1.29 is 14.6 Å². The smallest absolute Gasteiger partial charge is 0.268 e. The van der Waals surface area contributed by atoms with Gasteiger partial charge in [0.1, 0.15) is 6.10 Å². The predicted octanol–water partition coefficient (Wildman–Crippen LogP) is 0.103. The van der Waals surface area contributed by atoms with Crippen LogP contribution in [-0.4, -0.2) is 24.0 Å². The van der Waals surface area contributed by atoms with Gasteiger partial charge < -0.3 is 20.3 Å². The molecular formula is C9H11NO3. The van der Waals surface area contributed by atoms with Crippen LogP contribution in [0.25, 0.3) is 0 Å². The summed E-state index contributed by atoms with van der Waals surface area (Å²) in [5.41, 5.74) is 5.28. The van der Waals surface area contributed by atoms with Crippen LogP contribution in [0, 0.1) is 0 Å². The number of fused-ring (bicyclic) bond motifs is 1. The lowest BCUT2D eigenvalue weighted by Crippen LogP contribution is -2.38. The summed E-state index contributed by atoms with van der Waals surface area (Å²) in [6.45, 7) is 0.124. The largest absolute Gasteiger partial charge is 0.448 e. The second-order valence-electron chi connectivity index (χ2n) is 2.85. The number of aliphatic hydroxyl groups excluding tert-OH is 1. The topological polar surface area (TPSA) is 64.7 Å². The maximum Gasteiger partial charge on any atom is 0.268 e. The number of rotatable bonds is 2. The van der Waals surface area contributed by atoms with Gasteiger partial charge in [-0.3, -0.25) is 0 Å². The third-order valence-corrected chi connectivity index (χ3v) is 1.89. The normalized spacial score (nSPS) is 17.4. The Balaban J connectivity index is 2.14. The van der Waals surface area contributed by atoms with Crippen molar-refractivity contribution in [2.24, 2.45) is 5.73 Å². The van der Waals surface area contributed by atoms with Crippen LogP contribution in [0.15, 0.2) is 24.3 Å². The Hall–Kier alpha value is -1.26. The van der Waals surface area contributed by atoms with E-state index in [-0.39, 0.29) is 6.54 Å². The van der Waals surface area contributed by atoms with Crippen LogP contribution in [-0.2, 0) is 0 Å². The first-order valence-corrected chi connectivity index (χ1v) is 4.12. The summed E-state index contributed by atoms with van der Waals surface area (Å²) in [4.78, 5) is 0. The molecule has 0 radical (unpaired) electrons. The lowest BCUT2D eigenvalue weighted by Gasteiger charge is -2.14. The van der Waals surface area contributed by atoms with Crippen molar-refractivity contribution in [2.75, 3.05) is 6.54 Å². The molecule has 3 N–H and O–H groups in total. The second-order valence-corrected chi connectivity index (χ2v) is 2.85. The first-order valence-electron chi connectivity index (χ1n) is 4.12. The maximum atomic E-state index is 9.35. The summed E-state index contributed by atoms with van der Waals surface area (Å²) in [5.74, 6) is 1.31. The van der Waals surface area contributed by atoms with E-state index in [1.54, 1.807) is 12.1 Å². The van der Waals surface area contributed by atoms with Crippen molar-refractivity contribution in [3.8, 4) is 11.5 Å². The highest BCUT2D eigenvalue weighted by atomic mass is 16.7. The molecule has 1 aromatic carbocycles. The highest BCUT2D eigenvalue weighted by Crippen LogP contribution is 2.34. The van der Waals surface area contributed by atoms with Crippen LogP contribution >= 0.6 is 0 Å². The third-order valence-electron chi connectivity index (χ3n) is 1.89. The van der Waals surface area contributed by atoms with Gasteiger partial charge in [-0.25, -0.2) is 0 Å². The Labute approximate surface area is 75.9 Å². The molecular weight excluding hydrogens is 170 g/mol. The Morgan fingerprint density at radius 3 is 2.31 bits per heavy atom. The van der Waals surface area contributed by atoms with Gasteiger partial charge in [-0.2, -0.15) is 0 Å². The van der Waals surface area contributed by atoms with Crippen molar-refractivity contribution in [1.82, 2.24) is 0 Å². The zero-order chi connectivity index (χ0) is 9.26. The molecule has 0 aliphatic carbocycles. The molecule has 4 heteroatoms. The zero-order valence-corrected chi connectivity index (χ0v) is 7.01. The monoisotopic (exact) mass is 181 g/mol. The van der Waals surface area contributed by atoms with Crippen molar-refractivity contribution in [3.63, 3.8) is 0 Å². The maximum absolute atomic E-state index is 9.35. The van der Waals surface area contributed by atoms with E-state index < -0.39 is 12.4 Å². The molecule has 1 aliphatic rings. The Kier molecular flexibility index (Phi) is 2.08. The standard InChI is InChI=1S/C9H11NO3/c10-5-6(11)9-12-7-3-1-2-4-8(7)13-9/h1-4,6,9,11H,5,10H2. The van der Waals surface area contributed by atoms with Gasteiger partial charge in [-0.05, 0) is 12.1 Å². The number of ether oxygens (including phenoxy) is 2. The molecule has 1 atom stereocenters. The molecule has 0 bridgehead atoms. The van der Waals surface area contributed by atoms with Gasteiger partial charge in [0.15, 0.2) is 11.5 Å². The fourth-order valence-corrected chi connectivity index (χ4v) is 1.19. The minimum Gasteiger partial charge on any atom is -0.448 e. The van der Waals surface area contributed by atoms with Gasteiger partial charge in [0.2, 0.25) is 0 Å². The summed E-state index contributed by atoms with van der Waals surface area (Å²) in [5, 5.41) is 9.35. The van der Waals surface area contributed by atoms with Crippen LogP contribution in [0.2, 0.25) is 0 Å². The molecule has 13 heavy (non-hydrogen) atoms. The minimum atomic E-state index is -0.785. The molecule has 0 amide bonds. The van der Waals surface area contributed by atoms with Crippen LogP contribution < -0.4 is 15.2 Å². The molecule has 1 heterocycles. The fourth-order valence-electron chi connectivity index (χ4n) is 1.19. The predicted molar refractivity (Wildman–Crippen MR) is 46.5 cm³/mol. The van der Waals surface area contributed by atoms with Crippen LogP contribution in [0.1, 0.15) is 0 Å². The summed E-state index contributed by atoms with van der Waals surface area (Å²) >= 11 is 0. The summed E-state index contributed by atoms with van der Waals surface area (Å²) in [7, 11) is 0. The number of hydrogen-bond acceptors (Lipinski definition) is 4. The SMILES string of the molecule is NCC(O)C1Oc2ccccc2O1. The lowest BCUT2D eigenvalue weighted by atomic mass is 10.3. The van der Waals surface area contributed by atoms with Gasteiger partial charge in [0.25, 0.3) is 6.29 Å². The highest BCUT2D eigenvalue weighted by molar-refractivity contribution is 5.41. The number of hydrogen-bond donors (Lipinski definition) is 2. The Morgan fingerprint density at radius 2 is 1.85 bits per heavy atom. The van der Waals surface area contributed by atoms with Gasteiger partial charge >= 0.3 is 0 Å². The first-order chi connectivity index (χ1) is 6.31. The molecule has 2 rings (SSSR count). The molecule has 1 aromatic rings. The number of benzene rings is 1. The zero-order valence-electron chi connectivity index (χ0n) is 7.01. The van der Waals surface area contributed by atoms with E-state index in [1.165, 1.54) is 0 Å². The number of nitrogens with two attached hydrogens (primary N) is 1. The molecule has 4 nitrogen and oxygen atoms in total. The van der Waals surface area contributed by atoms with E-state index in [0.29, 0.717) is 11.5 Å². The molecule has 1 unspecified atom stereocenters. The van der Waals surface area contributed by atoms with Crippen molar-refractivity contribution in [3.05, 3.63) is 24.3 Å². The fraction of sp³-hybridized carbons (Fsp3) is 0.333. The quantitative estimate of drug-likeness (QED) is 0.679. The van der Waals surface area contributed by atoms with Crippen molar-refractivity contribution in [2.45, 2.75) is 12.4 Å². The average Bonchev–Trinajstić information content (AvgIpc) is 2.59. The molecule has 0 fully saturated rings. The average molecular weight is 181 g/mol. The number of para-hydroxylation sites is 2. The molecule has 0 saturated heterocycles. The second kappa shape index (κ2) is 3.24. The molecule has 0 aromatic heterocycles. The Morgan fingerprint density at radius 1 is 1.31 bits per heavy atom. The van der Waals surface area contributed by atoms with Crippen LogP contribution in [0.5, 0.6) is 11.5 Å². The highest BCUT2D eigenvalue weighted by Gasteiger charge is 2.29. The van der Waals surface area contributed by atoms with Gasteiger partial charge in [-0.1, -0.05) is 12.1 Å². The molecule has 0 spiro atoms. The van der Waals surface area contributed by atoms with E-state index in [4.69, 9.17) is 15.2 Å². The first kappa shape index (κ1) is 8.34. The van der Waals surface area contributed by atoms with Gasteiger partial charge in [0.05, 0.1) is 0 Å². The van der Waals surface area contributed by atoms with Crippen molar-refractivity contribution in [1.29, 1.82) is 0 Å². The Bertz CT molecular complexity index is 278. The lowest BCUT2D eigenvalue weighted by molar-refractivity contribution is -0.0537. The van der Waals surface area contributed by atoms with E-state index in [2.05, 4.69) is 0 Å². The summed E-state index contributed by atoms with van der Waals surface area (Å²) in [6, 6.07) is 7.27. The van der Waals surface area contributed by atoms with Crippen molar-refractivity contribution >= 4 is 0 Å². The van der Waals surface area contributed by atoms with E-state index in [1.807, 2.05) is 12.1 Å². The van der Waals surface area contributed by atoms with E-state index >= 15 is 0 Å². The summed E-state index contributed by atoms with van der Waals surface area (Å²) < 4.78 is 10.6. The van der Waals surface area contributed by atoms with E-state index in [9.17, 15) is 5.11 Å². The molecule has 0 saturated carbocycles. The summed E-state index contributed by atoms with van der Waals surface area (Å²) in [6.07, 6.45) is -1.45. The molecule has 1 aliphatic heterocycles. The van der Waals surface area contributed by atoms with Crippen LogP contribution in [0.3, 0.4) is 0 Å².